The molecule has 0 aliphatic rings. The van der Waals surface area contributed by atoms with Gasteiger partial charge in [-0.1, -0.05) is 23.2 Å². The summed E-state index contributed by atoms with van der Waals surface area (Å²) in [6.07, 6.45) is 0.103. The molecule has 0 bridgehead atoms. The Labute approximate surface area is 127 Å². The van der Waals surface area contributed by atoms with E-state index < -0.39 is 9.05 Å². The van der Waals surface area contributed by atoms with Crippen molar-refractivity contribution in [3.63, 3.8) is 0 Å². The second-order valence-corrected chi connectivity index (χ2v) is 7.19. The van der Waals surface area contributed by atoms with Gasteiger partial charge in [-0.2, -0.15) is 0 Å². The molecule has 0 aliphatic heterocycles. The van der Waals surface area contributed by atoms with Gasteiger partial charge in [-0.3, -0.25) is 0 Å². The molecule has 8 heteroatoms. The van der Waals surface area contributed by atoms with Crippen LogP contribution in [0.25, 0.3) is 0 Å². The molecule has 108 valence electrons. The minimum Gasteiger partial charge on any atom is -0.490 e. The zero-order valence-electron chi connectivity index (χ0n) is 10.3. The summed E-state index contributed by atoms with van der Waals surface area (Å²) in [6.45, 7) is 4.48. The van der Waals surface area contributed by atoms with E-state index in [9.17, 15) is 8.42 Å². The van der Waals surface area contributed by atoms with Gasteiger partial charge in [0.25, 0.3) is 9.05 Å². The van der Waals surface area contributed by atoms with Crippen molar-refractivity contribution in [1.82, 2.24) is 0 Å². The van der Waals surface area contributed by atoms with Gasteiger partial charge in [-0.15, -0.1) is 0 Å². The highest BCUT2D eigenvalue weighted by Gasteiger charge is 2.19. The average molecular weight is 348 g/mol. The second kappa shape index (κ2) is 6.99. The van der Waals surface area contributed by atoms with Gasteiger partial charge in [0, 0.05) is 10.7 Å². The molecule has 4 nitrogen and oxygen atoms in total. The summed E-state index contributed by atoms with van der Waals surface area (Å²) in [6, 6.07) is 2.65. The quantitative estimate of drug-likeness (QED) is 0.581. The number of halogens is 3. The fourth-order valence-corrected chi connectivity index (χ4v) is 3.04. The maximum absolute atomic E-state index is 11.2. The van der Waals surface area contributed by atoms with Crippen molar-refractivity contribution in [3.05, 3.63) is 22.2 Å². The SMILES string of the molecule is CC(C)OCCOc1ccc(S(=O)(=O)Cl)c(Cl)c1Cl. The number of ether oxygens (including phenoxy) is 2. The molecule has 1 aromatic rings. The van der Waals surface area contributed by atoms with E-state index in [2.05, 4.69) is 0 Å². The van der Waals surface area contributed by atoms with Gasteiger partial charge >= 0.3 is 0 Å². The van der Waals surface area contributed by atoms with Crippen LogP contribution in [0.15, 0.2) is 17.0 Å². The van der Waals surface area contributed by atoms with E-state index in [-0.39, 0.29) is 33.4 Å². The molecule has 0 heterocycles. The Morgan fingerprint density at radius 3 is 2.32 bits per heavy atom. The standard InChI is InChI=1S/C11H13Cl3O4S/c1-7(2)17-5-6-18-8-3-4-9(19(14,15)16)11(13)10(8)12/h3-4,7H,5-6H2,1-2H3. The molecule has 0 radical (unpaired) electrons. The van der Waals surface area contributed by atoms with Crippen LogP contribution in [0.3, 0.4) is 0 Å². The maximum Gasteiger partial charge on any atom is 0.262 e. The Balaban J connectivity index is 2.80. The largest absolute Gasteiger partial charge is 0.490 e. The fraction of sp³-hybridized carbons (Fsp3) is 0.455. The Bertz CT molecular complexity index is 543. The lowest BCUT2D eigenvalue weighted by Gasteiger charge is -2.12. The van der Waals surface area contributed by atoms with Gasteiger partial charge in [-0.05, 0) is 26.0 Å². The molecule has 0 saturated heterocycles. The molecule has 1 rings (SSSR count). The molecule has 0 amide bonds. The molecule has 19 heavy (non-hydrogen) atoms. The van der Waals surface area contributed by atoms with Crippen molar-refractivity contribution in [1.29, 1.82) is 0 Å². The monoisotopic (exact) mass is 346 g/mol. The van der Waals surface area contributed by atoms with E-state index in [1.165, 1.54) is 12.1 Å². The van der Waals surface area contributed by atoms with Crippen molar-refractivity contribution in [2.24, 2.45) is 0 Å². The summed E-state index contributed by atoms with van der Waals surface area (Å²) in [5, 5.41) is -0.146. The number of hydrogen-bond acceptors (Lipinski definition) is 4. The summed E-state index contributed by atoms with van der Waals surface area (Å²) in [5.41, 5.74) is 0. The van der Waals surface area contributed by atoms with Crippen molar-refractivity contribution in [2.75, 3.05) is 13.2 Å². The van der Waals surface area contributed by atoms with Crippen LogP contribution < -0.4 is 4.74 Å². The fourth-order valence-electron chi connectivity index (χ4n) is 1.25. The van der Waals surface area contributed by atoms with Crippen LogP contribution >= 0.6 is 33.9 Å². The van der Waals surface area contributed by atoms with E-state index in [1.54, 1.807) is 0 Å². The minimum absolute atomic E-state index is 0.00735. The van der Waals surface area contributed by atoms with Crippen molar-refractivity contribution < 1.29 is 17.9 Å². The molecular weight excluding hydrogens is 335 g/mol. The second-order valence-electron chi connectivity index (χ2n) is 3.90. The first-order valence-corrected chi connectivity index (χ1v) is 8.47. The minimum atomic E-state index is -3.93. The molecule has 0 fully saturated rings. The predicted molar refractivity (Wildman–Crippen MR) is 76.1 cm³/mol. The molecule has 0 atom stereocenters. The van der Waals surface area contributed by atoms with Crippen LogP contribution in [0.2, 0.25) is 10.0 Å². The van der Waals surface area contributed by atoms with Crippen LogP contribution in [0.5, 0.6) is 5.75 Å². The highest BCUT2D eigenvalue weighted by Crippen LogP contribution is 2.37. The summed E-state index contributed by atoms with van der Waals surface area (Å²) < 4.78 is 33.1. The van der Waals surface area contributed by atoms with Gasteiger partial charge in [0.1, 0.15) is 22.3 Å². The number of hydrogen-bond donors (Lipinski definition) is 0. The molecule has 0 spiro atoms. The van der Waals surface area contributed by atoms with Crippen LogP contribution in [-0.4, -0.2) is 27.7 Å². The third-order valence-electron chi connectivity index (χ3n) is 2.07. The number of rotatable bonds is 6. The molecular formula is C11H13Cl3O4S. The Hall–Kier alpha value is -0.200. The molecule has 0 unspecified atom stereocenters. The zero-order valence-corrected chi connectivity index (χ0v) is 13.4. The van der Waals surface area contributed by atoms with Gasteiger partial charge in [-0.25, -0.2) is 8.42 Å². The lowest BCUT2D eigenvalue weighted by molar-refractivity contribution is 0.0553. The topological polar surface area (TPSA) is 52.6 Å². The van der Waals surface area contributed by atoms with Crippen molar-refractivity contribution in [3.8, 4) is 5.75 Å². The van der Waals surface area contributed by atoms with Crippen molar-refractivity contribution >= 4 is 42.9 Å². The van der Waals surface area contributed by atoms with Gasteiger partial charge in [0.15, 0.2) is 0 Å². The normalized spacial score (nSPS) is 11.9. The van der Waals surface area contributed by atoms with Gasteiger partial charge < -0.3 is 9.47 Å². The predicted octanol–water partition coefficient (Wildman–Crippen LogP) is 3.72. The Morgan fingerprint density at radius 2 is 1.79 bits per heavy atom. The van der Waals surface area contributed by atoms with Gasteiger partial charge in [0.05, 0.1) is 17.7 Å². The summed E-state index contributed by atoms with van der Waals surface area (Å²) in [7, 11) is 1.28. The first-order valence-electron chi connectivity index (χ1n) is 5.40. The molecule has 1 aromatic carbocycles. The average Bonchev–Trinajstić information content (AvgIpc) is 2.27. The van der Waals surface area contributed by atoms with E-state index in [1.807, 2.05) is 13.8 Å². The lowest BCUT2D eigenvalue weighted by atomic mass is 10.3. The van der Waals surface area contributed by atoms with Crippen LogP contribution in [0.1, 0.15) is 13.8 Å². The Morgan fingerprint density at radius 1 is 1.16 bits per heavy atom. The smallest absolute Gasteiger partial charge is 0.262 e. The van der Waals surface area contributed by atoms with E-state index >= 15 is 0 Å². The molecule has 0 N–H and O–H groups in total. The lowest BCUT2D eigenvalue weighted by Crippen LogP contribution is -2.11. The number of benzene rings is 1. The van der Waals surface area contributed by atoms with Crippen LogP contribution in [0, 0.1) is 0 Å². The third-order valence-corrected chi connectivity index (χ3v) is 4.41. The molecule has 0 aliphatic carbocycles. The summed E-state index contributed by atoms with van der Waals surface area (Å²) in [4.78, 5) is -0.244. The van der Waals surface area contributed by atoms with E-state index in [0.29, 0.717) is 6.61 Å². The first kappa shape index (κ1) is 16.9. The van der Waals surface area contributed by atoms with Crippen molar-refractivity contribution in [2.45, 2.75) is 24.8 Å². The summed E-state index contributed by atoms with van der Waals surface area (Å²) in [5.74, 6) is 0.281. The molecule has 0 aromatic heterocycles. The summed E-state index contributed by atoms with van der Waals surface area (Å²) >= 11 is 11.8. The zero-order chi connectivity index (χ0) is 14.6. The third kappa shape index (κ3) is 5.00. The highest BCUT2D eigenvalue weighted by atomic mass is 35.7. The highest BCUT2D eigenvalue weighted by molar-refractivity contribution is 8.13. The Kier molecular flexibility index (Phi) is 6.20. The van der Waals surface area contributed by atoms with Gasteiger partial charge in [0.2, 0.25) is 0 Å². The maximum atomic E-state index is 11.2. The van der Waals surface area contributed by atoms with Crippen LogP contribution in [-0.2, 0) is 13.8 Å². The van der Waals surface area contributed by atoms with E-state index in [4.69, 9.17) is 43.4 Å². The van der Waals surface area contributed by atoms with E-state index in [0.717, 1.165) is 0 Å². The first-order chi connectivity index (χ1) is 8.73. The van der Waals surface area contributed by atoms with Crippen LogP contribution in [0.4, 0.5) is 0 Å². The molecule has 0 saturated carbocycles.